The quantitative estimate of drug-likeness (QED) is 0.422. The van der Waals surface area contributed by atoms with E-state index in [4.69, 9.17) is 0 Å². The lowest BCUT2D eigenvalue weighted by atomic mass is 9.58. The van der Waals surface area contributed by atoms with Crippen LogP contribution in [0.1, 0.15) is 117 Å². The molecule has 1 N–H and O–H groups in total. The van der Waals surface area contributed by atoms with Gasteiger partial charge in [-0.05, 0) is 56.3 Å². The Balaban J connectivity index is 1.82. The van der Waals surface area contributed by atoms with E-state index in [-0.39, 0.29) is 5.41 Å². The second-order valence-corrected chi connectivity index (χ2v) is 9.11. The molecule has 2 nitrogen and oxygen atoms in total. The maximum absolute atomic E-state index is 12.2. The Hall–Kier alpha value is -0.530. The van der Waals surface area contributed by atoms with Crippen LogP contribution in [0.25, 0.3) is 0 Å². The lowest BCUT2D eigenvalue weighted by Gasteiger charge is -2.45. The summed E-state index contributed by atoms with van der Waals surface area (Å²) in [6.07, 6.45) is 19.8. The minimum Gasteiger partial charge on any atom is -0.481 e. The molecule has 2 aliphatic carbocycles. The Labute approximate surface area is 156 Å². The molecule has 0 aromatic rings. The topological polar surface area (TPSA) is 37.3 Å². The third-order valence-corrected chi connectivity index (χ3v) is 7.48. The summed E-state index contributed by atoms with van der Waals surface area (Å²) in [5.74, 6) is 1.64. The molecule has 0 aromatic carbocycles. The molecule has 0 spiro atoms. The van der Waals surface area contributed by atoms with Gasteiger partial charge in [-0.25, -0.2) is 0 Å². The van der Waals surface area contributed by atoms with Gasteiger partial charge < -0.3 is 5.11 Å². The molecule has 0 atom stereocenters. The van der Waals surface area contributed by atoms with Crippen LogP contribution in [0.2, 0.25) is 0 Å². The maximum Gasteiger partial charge on any atom is 0.309 e. The van der Waals surface area contributed by atoms with Crippen molar-refractivity contribution in [3.63, 3.8) is 0 Å². The van der Waals surface area contributed by atoms with Gasteiger partial charge in [-0.1, -0.05) is 78.1 Å². The Kier molecular flexibility index (Phi) is 8.79. The zero-order valence-electron chi connectivity index (χ0n) is 16.9. The van der Waals surface area contributed by atoms with Crippen LogP contribution in [0, 0.1) is 23.2 Å². The Morgan fingerprint density at radius 2 is 1.28 bits per heavy atom. The molecule has 0 saturated heterocycles. The summed E-state index contributed by atoms with van der Waals surface area (Å²) < 4.78 is 0. The highest BCUT2D eigenvalue weighted by molar-refractivity contribution is 5.75. The molecule has 2 saturated carbocycles. The second-order valence-electron chi connectivity index (χ2n) is 9.11. The van der Waals surface area contributed by atoms with E-state index in [1.54, 1.807) is 0 Å². The fourth-order valence-corrected chi connectivity index (χ4v) is 5.65. The summed E-state index contributed by atoms with van der Waals surface area (Å²) in [5, 5.41) is 10.1. The first-order chi connectivity index (χ1) is 12.1. The highest BCUT2D eigenvalue weighted by atomic mass is 16.4. The average molecular weight is 351 g/mol. The molecule has 2 aliphatic rings. The Morgan fingerprint density at radius 3 is 1.72 bits per heavy atom. The van der Waals surface area contributed by atoms with Gasteiger partial charge in [-0.3, -0.25) is 4.79 Å². The van der Waals surface area contributed by atoms with Crippen LogP contribution < -0.4 is 0 Å². The van der Waals surface area contributed by atoms with E-state index in [0.717, 1.165) is 37.5 Å². The minimum absolute atomic E-state index is 0.379. The molecule has 0 heterocycles. The molecule has 2 heteroatoms. The lowest BCUT2D eigenvalue weighted by Crippen LogP contribution is -2.43. The maximum atomic E-state index is 12.2. The summed E-state index contributed by atoms with van der Waals surface area (Å²) in [6.45, 7) is 4.53. The predicted octanol–water partition coefficient (Wildman–Crippen LogP) is 7.21. The number of rotatable bonds is 10. The molecule has 25 heavy (non-hydrogen) atoms. The van der Waals surface area contributed by atoms with Crippen LogP contribution in [0.3, 0.4) is 0 Å². The third-order valence-electron chi connectivity index (χ3n) is 7.48. The van der Waals surface area contributed by atoms with Crippen molar-refractivity contribution in [2.24, 2.45) is 23.2 Å². The van der Waals surface area contributed by atoms with Crippen molar-refractivity contribution < 1.29 is 9.90 Å². The molecule has 0 amide bonds. The molecule has 0 aromatic heterocycles. The number of hydrogen-bond donors (Lipinski definition) is 1. The predicted molar refractivity (Wildman–Crippen MR) is 106 cm³/mol. The molecule has 0 unspecified atom stereocenters. The van der Waals surface area contributed by atoms with Crippen molar-refractivity contribution in [2.75, 3.05) is 0 Å². The van der Waals surface area contributed by atoms with Crippen LogP contribution >= 0.6 is 0 Å². The van der Waals surface area contributed by atoms with Gasteiger partial charge in [0, 0.05) is 0 Å². The van der Waals surface area contributed by atoms with E-state index in [9.17, 15) is 9.90 Å². The largest absolute Gasteiger partial charge is 0.481 e. The van der Waals surface area contributed by atoms with Crippen LogP contribution in [0.4, 0.5) is 0 Å². The summed E-state index contributed by atoms with van der Waals surface area (Å²) in [4.78, 5) is 12.2. The van der Waals surface area contributed by atoms with E-state index in [1.165, 1.54) is 77.0 Å². The number of carboxylic acids is 1. The Morgan fingerprint density at radius 1 is 0.800 bits per heavy atom. The fraction of sp³-hybridized carbons (Fsp3) is 0.957. The van der Waals surface area contributed by atoms with Crippen LogP contribution in [-0.2, 0) is 4.79 Å². The van der Waals surface area contributed by atoms with Gasteiger partial charge in [-0.2, -0.15) is 0 Å². The number of carbonyl (C=O) groups is 1. The summed E-state index contributed by atoms with van der Waals surface area (Å²) in [7, 11) is 0. The number of aliphatic carboxylic acids is 1. The monoisotopic (exact) mass is 350 g/mol. The highest BCUT2D eigenvalue weighted by Crippen LogP contribution is 2.51. The normalized spacial score (nSPS) is 33.3. The van der Waals surface area contributed by atoms with Gasteiger partial charge in [0.2, 0.25) is 0 Å². The van der Waals surface area contributed by atoms with E-state index in [1.807, 2.05) is 0 Å². The number of unbranched alkanes of at least 4 members (excludes halogenated alkanes) is 4. The first kappa shape index (κ1) is 20.8. The van der Waals surface area contributed by atoms with Gasteiger partial charge in [0.05, 0.1) is 5.41 Å². The van der Waals surface area contributed by atoms with E-state index >= 15 is 0 Å². The van der Waals surface area contributed by atoms with Crippen LogP contribution in [-0.4, -0.2) is 11.1 Å². The lowest BCUT2D eigenvalue weighted by molar-refractivity contribution is -0.157. The third kappa shape index (κ3) is 5.73. The summed E-state index contributed by atoms with van der Waals surface area (Å²) in [6, 6.07) is 0. The summed E-state index contributed by atoms with van der Waals surface area (Å²) in [5.41, 5.74) is -0.379. The molecule has 2 rings (SSSR count). The number of carboxylic acid groups (broad SMARTS) is 1. The minimum atomic E-state index is -0.478. The highest BCUT2D eigenvalue weighted by Gasteiger charge is 2.48. The van der Waals surface area contributed by atoms with Crippen molar-refractivity contribution in [1.82, 2.24) is 0 Å². The zero-order valence-corrected chi connectivity index (χ0v) is 16.9. The van der Waals surface area contributed by atoms with E-state index in [0.29, 0.717) is 5.92 Å². The first-order valence-electron chi connectivity index (χ1n) is 11.4. The van der Waals surface area contributed by atoms with Crippen molar-refractivity contribution >= 4 is 5.97 Å². The van der Waals surface area contributed by atoms with E-state index in [2.05, 4.69) is 13.8 Å². The van der Waals surface area contributed by atoms with Crippen molar-refractivity contribution in [1.29, 1.82) is 0 Å². The zero-order chi connectivity index (χ0) is 18.1. The van der Waals surface area contributed by atoms with Gasteiger partial charge in [0.25, 0.3) is 0 Å². The molecule has 0 aliphatic heterocycles. The van der Waals surface area contributed by atoms with Gasteiger partial charge >= 0.3 is 5.97 Å². The van der Waals surface area contributed by atoms with Crippen molar-refractivity contribution in [3.05, 3.63) is 0 Å². The standard InChI is InChI=1S/C23H42O2/c1-3-5-7-9-19-11-13-21(14-12-19)23(22(24)25)17-15-20(16-18-23)10-8-6-4-2/h19-21H,3-18H2,1-2H3,(H,24,25). The van der Waals surface area contributed by atoms with E-state index < -0.39 is 5.97 Å². The molecule has 0 radical (unpaired) electrons. The van der Waals surface area contributed by atoms with Crippen molar-refractivity contribution in [2.45, 2.75) is 117 Å². The number of hydrogen-bond acceptors (Lipinski definition) is 1. The second kappa shape index (κ2) is 10.6. The Bertz CT molecular complexity index is 374. The molecule has 146 valence electrons. The van der Waals surface area contributed by atoms with Crippen molar-refractivity contribution in [3.8, 4) is 0 Å². The molecule has 0 bridgehead atoms. The molecular formula is C23H42O2. The van der Waals surface area contributed by atoms with Gasteiger partial charge in [-0.15, -0.1) is 0 Å². The van der Waals surface area contributed by atoms with Gasteiger partial charge in [0.15, 0.2) is 0 Å². The fourth-order valence-electron chi connectivity index (χ4n) is 5.65. The van der Waals surface area contributed by atoms with Crippen LogP contribution in [0.5, 0.6) is 0 Å². The van der Waals surface area contributed by atoms with Gasteiger partial charge in [0.1, 0.15) is 0 Å². The average Bonchev–Trinajstić information content (AvgIpc) is 2.63. The van der Waals surface area contributed by atoms with Crippen LogP contribution in [0.15, 0.2) is 0 Å². The first-order valence-corrected chi connectivity index (χ1v) is 11.4. The SMILES string of the molecule is CCCCCC1CCC(C2(C(=O)O)CCC(CCCCC)CC2)CC1. The summed E-state index contributed by atoms with van der Waals surface area (Å²) >= 11 is 0. The molecular weight excluding hydrogens is 308 g/mol. The molecule has 2 fully saturated rings. The smallest absolute Gasteiger partial charge is 0.309 e.